The van der Waals surface area contributed by atoms with Gasteiger partial charge in [-0.2, -0.15) is 0 Å². The molecule has 0 aliphatic heterocycles. The predicted octanol–water partition coefficient (Wildman–Crippen LogP) is 3.04. The molecule has 0 fully saturated rings. The van der Waals surface area contributed by atoms with E-state index in [1.165, 1.54) is 18.2 Å². The average Bonchev–Trinajstić information content (AvgIpc) is 2.41. The molecule has 0 bridgehead atoms. The Bertz CT molecular complexity index is 506. The Kier molecular flexibility index (Phi) is 7.11. The number of nitrogens with zero attached hydrogens (tertiary/aromatic N) is 1. The summed E-state index contributed by atoms with van der Waals surface area (Å²) in [6, 6.07) is 3.90. The lowest BCUT2D eigenvalue weighted by Gasteiger charge is -2.08. The van der Waals surface area contributed by atoms with Crippen LogP contribution in [0.15, 0.2) is 18.2 Å². The quantitative estimate of drug-likeness (QED) is 0.454. The summed E-state index contributed by atoms with van der Waals surface area (Å²) in [5, 5.41) is 13.3. The number of rotatable bonds is 8. The van der Waals surface area contributed by atoms with E-state index in [4.69, 9.17) is 16.3 Å². The molecule has 6 nitrogen and oxygen atoms in total. The first-order valence-electron chi connectivity index (χ1n) is 6.71. The molecule has 0 saturated carbocycles. The van der Waals surface area contributed by atoms with Crippen LogP contribution >= 0.6 is 11.6 Å². The molecule has 0 aromatic heterocycles. The zero-order valence-electron chi connectivity index (χ0n) is 12.1. The predicted molar refractivity (Wildman–Crippen MR) is 80.7 cm³/mol. The molecule has 1 aromatic carbocycles. The number of hydrogen-bond donors (Lipinski definition) is 1. The molecule has 0 aliphatic carbocycles. The second-order valence-electron chi connectivity index (χ2n) is 5.00. The molecule has 0 heterocycles. The number of amides is 1. The van der Waals surface area contributed by atoms with Gasteiger partial charge in [0.25, 0.3) is 11.6 Å². The Hall–Kier alpha value is -1.66. The fourth-order valence-corrected chi connectivity index (χ4v) is 1.84. The molecule has 0 atom stereocenters. The largest absolute Gasteiger partial charge is 0.381 e. The summed E-state index contributed by atoms with van der Waals surface area (Å²) in [6.45, 7) is 5.90. The molecular formula is C14H19ClN2O4. The lowest BCUT2D eigenvalue weighted by atomic mass is 10.2. The van der Waals surface area contributed by atoms with Crippen molar-refractivity contribution in [2.75, 3.05) is 19.8 Å². The van der Waals surface area contributed by atoms with Gasteiger partial charge < -0.3 is 10.1 Å². The highest BCUT2D eigenvalue weighted by Crippen LogP contribution is 2.24. The number of ether oxygens (including phenoxy) is 1. The topological polar surface area (TPSA) is 81.5 Å². The van der Waals surface area contributed by atoms with Crippen molar-refractivity contribution in [1.29, 1.82) is 0 Å². The van der Waals surface area contributed by atoms with Gasteiger partial charge in [0.2, 0.25) is 0 Å². The fourth-order valence-electron chi connectivity index (χ4n) is 1.59. The summed E-state index contributed by atoms with van der Waals surface area (Å²) in [7, 11) is 0. The molecule has 7 heteroatoms. The Labute approximate surface area is 128 Å². The van der Waals surface area contributed by atoms with Crippen LogP contribution < -0.4 is 5.32 Å². The normalized spacial score (nSPS) is 10.7. The minimum Gasteiger partial charge on any atom is -0.381 e. The molecule has 1 N–H and O–H groups in total. The van der Waals surface area contributed by atoms with E-state index >= 15 is 0 Å². The van der Waals surface area contributed by atoms with Crippen LogP contribution in [0.5, 0.6) is 0 Å². The van der Waals surface area contributed by atoms with Crippen molar-refractivity contribution in [1.82, 2.24) is 5.32 Å². The molecular weight excluding hydrogens is 296 g/mol. The van der Waals surface area contributed by atoms with Gasteiger partial charge >= 0.3 is 0 Å². The first-order valence-corrected chi connectivity index (χ1v) is 7.09. The summed E-state index contributed by atoms with van der Waals surface area (Å²) in [4.78, 5) is 21.9. The molecule has 1 rings (SSSR count). The van der Waals surface area contributed by atoms with Crippen LogP contribution in [-0.2, 0) is 4.74 Å². The maximum Gasteiger partial charge on any atom is 0.287 e. The second kappa shape index (κ2) is 8.59. The molecule has 1 amide bonds. The molecule has 1 aromatic rings. The number of nitro groups is 1. The molecule has 0 spiro atoms. The molecule has 21 heavy (non-hydrogen) atoms. The van der Waals surface area contributed by atoms with Gasteiger partial charge in [0.05, 0.1) is 4.92 Å². The van der Waals surface area contributed by atoms with E-state index in [1.807, 2.05) is 0 Å². The lowest BCUT2D eigenvalue weighted by molar-refractivity contribution is -0.384. The number of halogens is 1. The second-order valence-corrected chi connectivity index (χ2v) is 5.41. The highest BCUT2D eigenvalue weighted by molar-refractivity contribution is 6.33. The van der Waals surface area contributed by atoms with Gasteiger partial charge in [-0.15, -0.1) is 0 Å². The third-order valence-electron chi connectivity index (χ3n) is 2.61. The third kappa shape index (κ3) is 6.10. The summed E-state index contributed by atoms with van der Waals surface area (Å²) in [5.74, 6) is 0.178. The van der Waals surface area contributed by atoms with Gasteiger partial charge in [-0.1, -0.05) is 25.4 Å². The van der Waals surface area contributed by atoms with Crippen LogP contribution in [-0.4, -0.2) is 30.6 Å². The SMILES string of the molecule is CC(C)COCCCNC(=O)c1ccc([N+](=O)[O-])c(Cl)c1. The zero-order valence-corrected chi connectivity index (χ0v) is 12.9. The minimum atomic E-state index is -0.587. The summed E-state index contributed by atoms with van der Waals surface area (Å²) in [5.41, 5.74) is 0.0870. The zero-order chi connectivity index (χ0) is 15.8. The lowest BCUT2D eigenvalue weighted by Crippen LogP contribution is -2.25. The maximum absolute atomic E-state index is 11.8. The smallest absolute Gasteiger partial charge is 0.287 e. The van der Waals surface area contributed by atoms with Crippen molar-refractivity contribution < 1.29 is 14.5 Å². The molecule has 0 unspecified atom stereocenters. The molecule has 0 radical (unpaired) electrons. The number of carbonyl (C=O) groups excluding carboxylic acids is 1. The summed E-state index contributed by atoms with van der Waals surface area (Å²) in [6.07, 6.45) is 0.708. The van der Waals surface area contributed by atoms with E-state index in [0.29, 0.717) is 37.7 Å². The summed E-state index contributed by atoms with van der Waals surface area (Å²) < 4.78 is 5.40. The Morgan fingerprint density at radius 1 is 1.48 bits per heavy atom. The van der Waals surface area contributed by atoms with Gasteiger partial charge in [0.15, 0.2) is 0 Å². The van der Waals surface area contributed by atoms with Crippen molar-refractivity contribution in [2.24, 2.45) is 5.92 Å². The number of hydrogen-bond acceptors (Lipinski definition) is 4. The number of nitrogens with one attached hydrogen (secondary N) is 1. The van der Waals surface area contributed by atoms with Crippen LogP contribution in [0.3, 0.4) is 0 Å². The van der Waals surface area contributed by atoms with Crippen LogP contribution in [0.25, 0.3) is 0 Å². The van der Waals surface area contributed by atoms with E-state index < -0.39 is 4.92 Å². The van der Waals surface area contributed by atoms with E-state index in [-0.39, 0.29) is 16.6 Å². The maximum atomic E-state index is 11.8. The van der Waals surface area contributed by atoms with Crippen molar-refractivity contribution in [3.05, 3.63) is 38.9 Å². The van der Waals surface area contributed by atoms with Gasteiger partial charge in [0, 0.05) is 31.4 Å². The number of benzene rings is 1. The van der Waals surface area contributed by atoms with E-state index in [0.717, 1.165) is 0 Å². The Morgan fingerprint density at radius 2 is 2.19 bits per heavy atom. The Morgan fingerprint density at radius 3 is 2.76 bits per heavy atom. The van der Waals surface area contributed by atoms with E-state index in [9.17, 15) is 14.9 Å². The number of carbonyl (C=O) groups is 1. The first-order chi connectivity index (χ1) is 9.91. The van der Waals surface area contributed by atoms with E-state index in [1.54, 1.807) is 0 Å². The van der Waals surface area contributed by atoms with Crippen LogP contribution in [0.4, 0.5) is 5.69 Å². The van der Waals surface area contributed by atoms with E-state index in [2.05, 4.69) is 19.2 Å². The standard InChI is InChI=1S/C14H19ClN2O4/c1-10(2)9-21-7-3-6-16-14(18)11-4-5-13(17(19)20)12(15)8-11/h4-5,8,10H,3,6-7,9H2,1-2H3,(H,16,18). The van der Waals surface area contributed by atoms with Gasteiger partial charge in [-0.25, -0.2) is 0 Å². The first kappa shape index (κ1) is 17.4. The van der Waals surface area contributed by atoms with Crippen LogP contribution in [0, 0.1) is 16.0 Å². The molecule has 0 aliphatic rings. The molecule has 116 valence electrons. The monoisotopic (exact) mass is 314 g/mol. The average molecular weight is 315 g/mol. The minimum absolute atomic E-state index is 0.0482. The number of nitro benzene ring substituents is 1. The fraction of sp³-hybridized carbons (Fsp3) is 0.500. The van der Waals surface area contributed by atoms with Crippen molar-refractivity contribution in [2.45, 2.75) is 20.3 Å². The molecule has 0 saturated heterocycles. The third-order valence-corrected chi connectivity index (χ3v) is 2.91. The van der Waals surface area contributed by atoms with Crippen molar-refractivity contribution in [3.8, 4) is 0 Å². The Balaban J connectivity index is 2.39. The van der Waals surface area contributed by atoms with Crippen molar-refractivity contribution >= 4 is 23.2 Å². The van der Waals surface area contributed by atoms with Crippen LogP contribution in [0.1, 0.15) is 30.6 Å². The van der Waals surface area contributed by atoms with Gasteiger partial charge in [0.1, 0.15) is 5.02 Å². The van der Waals surface area contributed by atoms with Crippen molar-refractivity contribution in [3.63, 3.8) is 0 Å². The van der Waals surface area contributed by atoms with Gasteiger partial charge in [-0.3, -0.25) is 14.9 Å². The highest BCUT2D eigenvalue weighted by atomic mass is 35.5. The van der Waals surface area contributed by atoms with Crippen LogP contribution in [0.2, 0.25) is 5.02 Å². The summed E-state index contributed by atoms with van der Waals surface area (Å²) >= 11 is 5.76. The highest BCUT2D eigenvalue weighted by Gasteiger charge is 2.14. The van der Waals surface area contributed by atoms with Gasteiger partial charge in [-0.05, 0) is 24.5 Å².